The maximum atomic E-state index is 12.4. The molecule has 0 bridgehead atoms. The first-order chi connectivity index (χ1) is 12.1. The minimum absolute atomic E-state index is 0.0740. The van der Waals surface area contributed by atoms with E-state index in [1.807, 2.05) is 33.7 Å². The number of methoxy groups -OCH3 is 1. The molecule has 1 atom stereocenters. The molecule has 0 amide bonds. The Kier molecular flexibility index (Phi) is 4.84. The summed E-state index contributed by atoms with van der Waals surface area (Å²) >= 11 is 0. The Hall–Kier alpha value is -1.57. The SMILES string of the molecule is COc1oc(C2C/C(=C/B3OC(C)(C)C(C)(C)O3)CO2)c(C)c(=O)c1C. The number of rotatable bonds is 3. The van der Waals surface area contributed by atoms with Crippen molar-refractivity contribution in [3.63, 3.8) is 0 Å². The average molecular weight is 362 g/mol. The summed E-state index contributed by atoms with van der Waals surface area (Å²) in [4.78, 5) is 12.4. The molecule has 6 nitrogen and oxygen atoms in total. The molecule has 1 aromatic rings. The van der Waals surface area contributed by atoms with Crippen LogP contribution in [0.2, 0.25) is 0 Å². The van der Waals surface area contributed by atoms with Crippen LogP contribution in [-0.2, 0) is 14.0 Å². The van der Waals surface area contributed by atoms with E-state index in [1.165, 1.54) is 7.11 Å². The third-order valence-corrected chi connectivity index (χ3v) is 5.60. The highest BCUT2D eigenvalue weighted by Gasteiger charge is 2.50. The fourth-order valence-corrected chi connectivity index (χ4v) is 3.24. The van der Waals surface area contributed by atoms with E-state index in [0.717, 1.165) is 5.57 Å². The van der Waals surface area contributed by atoms with Gasteiger partial charge >= 0.3 is 7.12 Å². The van der Waals surface area contributed by atoms with Crippen molar-refractivity contribution in [1.29, 1.82) is 0 Å². The Morgan fingerprint density at radius 3 is 2.31 bits per heavy atom. The largest absolute Gasteiger partial charge is 0.487 e. The second-order valence-corrected chi connectivity index (χ2v) is 7.99. The predicted octanol–water partition coefficient (Wildman–Crippen LogP) is 3.28. The zero-order chi connectivity index (χ0) is 19.3. The smallest absolute Gasteiger partial charge is 0.468 e. The highest BCUT2D eigenvalue weighted by Crippen LogP contribution is 2.39. The molecule has 2 aliphatic heterocycles. The molecule has 1 unspecified atom stereocenters. The molecule has 7 heteroatoms. The van der Waals surface area contributed by atoms with Gasteiger partial charge in [0.15, 0.2) is 5.43 Å². The lowest BCUT2D eigenvalue weighted by Gasteiger charge is -2.32. The van der Waals surface area contributed by atoms with E-state index in [9.17, 15) is 4.79 Å². The Morgan fingerprint density at radius 1 is 1.12 bits per heavy atom. The van der Waals surface area contributed by atoms with Gasteiger partial charge in [-0.3, -0.25) is 4.79 Å². The Bertz CT molecular complexity index is 776. The van der Waals surface area contributed by atoms with Crippen LogP contribution in [0.5, 0.6) is 5.95 Å². The first kappa shape index (κ1) is 19.2. The van der Waals surface area contributed by atoms with Gasteiger partial charge < -0.3 is 23.2 Å². The molecule has 26 heavy (non-hydrogen) atoms. The topological polar surface area (TPSA) is 67.1 Å². The van der Waals surface area contributed by atoms with Gasteiger partial charge in [-0.05, 0) is 47.1 Å². The van der Waals surface area contributed by atoms with Crippen molar-refractivity contribution in [2.45, 2.75) is 65.3 Å². The summed E-state index contributed by atoms with van der Waals surface area (Å²) in [6, 6.07) is 0. The van der Waals surface area contributed by atoms with E-state index in [1.54, 1.807) is 13.8 Å². The van der Waals surface area contributed by atoms with E-state index in [4.69, 9.17) is 23.2 Å². The van der Waals surface area contributed by atoms with Crippen LogP contribution in [0.4, 0.5) is 0 Å². The molecule has 0 N–H and O–H groups in total. The van der Waals surface area contributed by atoms with Gasteiger partial charge in [-0.15, -0.1) is 0 Å². The van der Waals surface area contributed by atoms with E-state index >= 15 is 0 Å². The van der Waals surface area contributed by atoms with Gasteiger partial charge in [0.05, 0.1) is 30.5 Å². The Morgan fingerprint density at radius 2 is 1.73 bits per heavy atom. The van der Waals surface area contributed by atoms with Gasteiger partial charge in [-0.25, -0.2) is 0 Å². The summed E-state index contributed by atoms with van der Waals surface area (Å²) in [5, 5.41) is 0. The van der Waals surface area contributed by atoms with Crippen LogP contribution in [0.3, 0.4) is 0 Å². The fraction of sp³-hybridized carbons (Fsp3) is 0.632. The Labute approximate surface area is 154 Å². The van der Waals surface area contributed by atoms with Gasteiger partial charge in [0.2, 0.25) is 0 Å². The van der Waals surface area contributed by atoms with Crippen LogP contribution in [-0.4, -0.2) is 32.0 Å². The summed E-state index contributed by atoms with van der Waals surface area (Å²) in [5.74, 6) is 2.73. The van der Waals surface area contributed by atoms with Crippen molar-refractivity contribution in [2.75, 3.05) is 13.7 Å². The van der Waals surface area contributed by atoms with Crippen molar-refractivity contribution >= 4 is 7.12 Å². The molecule has 3 rings (SSSR count). The molecule has 2 fully saturated rings. The lowest BCUT2D eigenvalue weighted by Crippen LogP contribution is -2.41. The van der Waals surface area contributed by atoms with Crippen LogP contribution in [0.1, 0.15) is 57.1 Å². The molecule has 142 valence electrons. The standard InChI is InChI=1S/C19H27BO6/c1-11-15(21)12(2)17(22-7)24-16(11)14-8-13(10-23-14)9-20-25-18(3,4)19(5,6)26-20/h9,14H,8,10H2,1-7H3/b13-9-. The maximum absolute atomic E-state index is 12.4. The van der Waals surface area contributed by atoms with Crippen LogP contribution in [0.25, 0.3) is 0 Å². The van der Waals surface area contributed by atoms with Crippen molar-refractivity contribution in [2.24, 2.45) is 0 Å². The molecule has 0 aromatic carbocycles. The third-order valence-electron chi connectivity index (χ3n) is 5.60. The van der Waals surface area contributed by atoms with Gasteiger partial charge in [-0.2, -0.15) is 0 Å². The molecule has 0 spiro atoms. The van der Waals surface area contributed by atoms with Crippen molar-refractivity contribution in [3.8, 4) is 5.95 Å². The van der Waals surface area contributed by atoms with E-state index in [0.29, 0.717) is 29.9 Å². The maximum Gasteiger partial charge on any atom is 0.487 e. The first-order valence-electron chi connectivity index (χ1n) is 8.90. The molecular weight excluding hydrogens is 335 g/mol. The molecule has 1 aromatic heterocycles. The second-order valence-electron chi connectivity index (χ2n) is 7.99. The minimum Gasteiger partial charge on any atom is -0.468 e. The van der Waals surface area contributed by atoms with Gasteiger partial charge in [0.25, 0.3) is 5.95 Å². The lowest BCUT2D eigenvalue weighted by atomic mass is 9.86. The van der Waals surface area contributed by atoms with Crippen molar-refractivity contribution in [1.82, 2.24) is 0 Å². The number of hydrogen-bond donors (Lipinski definition) is 0. The number of ether oxygens (including phenoxy) is 2. The first-order valence-corrected chi connectivity index (χ1v) is 8.90. The van der Waals surface area contributed by atoms with Crippen LogP contribution < -0.4 is 10.2 Å². The summed E-state index contributed by atoms with van der Waals surface area (Å²) < 4.78 is 28.9. The van der Waals surface area contributed by atoms with Crippen molar-refractivity contribution in [3.05, 3.63) is 38.7 Å². The molecule has 2 saturated heterocycles. The molecule has 2 aliphatic rings. The molecule has 0 aliphatic carbocycles. The second kappa shape index (κ2) is 6.55. The van der Waals surface area contributed by atoms with Gasteiger partial charge in [0, 0.05) is 12.0 Å². The highest BCUT2D eigenvalue weighted by molar-refractivity contribution is 6.51. The average Bonchev–Trinajstić information content (AvgIpc) is 3.07. The van der Waals surface area contributed by atoms with Crippen LogP contribution in [0, 0.1) is 13.8 Å². The van der Waals surface area contributed by atoms with E-state index in [-0.39, 0.29) is 28.7 Å². The van der Waals surface area contributed by atoms with E-state index < -0.39 is 7.12 Å². The van der Waals surface area contributed by atoms with Crippen molar-refractivity contribution < 1.29 is 23.2 Å². The molecular formula is C19H27BO6. The summed E-state index contributed by atoms with van der Waals surface area (Å²) in [6.45, 7) is 12.0. The summed E-state index contributed by atoms with van der Waals surface area (Å²) in [5.41, 5.74) is 1.28. The molecule has 0 saturated carbocycles. The molecule has 3 heterocycles. The third kappa shape index (κ3) is 3.24. The molecule has 0 radical (unpaired) electrons. The predicted molar refractivity (Wildman–Crippen MR) is 98.5 cm³/mol. The van der Waals surface area contributed by atoms with Crippen LogP contribution >= 0.6 is 0 Å². The van der Waals surface area contributed by atoms with Gasteiger partial charge in [-0.1, -0.05) is 5.98 Å². The zero-order valence-corrected chi connectivity index (χ0v) is 16.6. The normalized spacial score (nSPS) is 25.9. The zero-order valence-electron chi connectivity index (χ0n) is 16.6. The lowest BCUT2D eigenvalue weighted by molar-refractivity contribution is 0.00578. The van der Waals surface area contributed by atoms with Crippen LogP contribution in [0.15, 0.2) is 20.8 Å². The monoisotopic (exact) mass is 362 g/mol. The minimum atomic E-state index is -0.405. The van der Waals surface area contributed by atoms with E-state index in [2.05, 4.69) is 0 Å². The Balaban J connectivity index is 1.80. The van der Waals surface area contributed by atoms with Gasteiger partial charge in [0.1, 0.15) is 11.9 Å². The quantitative estimate of drug-likeness (QED) is 0.769. The summed E-state index contributed by atoms with van der Waals surface area (Å²) in [6.07, 6.45) is 0.311. The fourth-order valence-electron chi connectivity index (χ4n) is 3.24. The summed E-state index contributed by atoms with van der Waals surface area (Å²) in [7, 11) is 1.08. The highest BCUT2D eigenvalue weighted by atomic mass is 16.7. The number of hydrogen-bond acceptors (Lipinski definition) is 6.